The van der Waals surface area contributed by atoms with Crippen LogP contribution in [-0.4, -0.2) is 23.3 Å². The summed E-state index contributed by atoms with van der Waals surface area (Å²) in [5, 5.41) is 0.576. The highest BCUT2D eigenvalue weighted by Gasteiger charge is 2.20. The number of benzene rings is 2. The quantitative estimate of drug-likeness (QED) is 0.775. The molecule has 1 saturated heterocycles. The molecule has 0 radical (unpaired) electrons. The van der Waals surface area contributed by atoms with E-state index in [9.17, 15) is 9.59 Å². The molecule has 1 fully saturated rings. The van der Waals surface area contributed by atoms with Gasteiger partial charge in [-0.25, -0.2) is 4.79 Å². The summed E-state index contributed by atoms with van der Waals surface area (Å²) < 4.78 is 5.34. The predicted molar refractivity (Wildman–Crippen MR) is 91.7 cm³/mol. The molecule has 0 bridgehead atoms. The minimum atomic E-state index is -0.399. The van der Waals surface area contributed by atoms with E-state index in [1.807, 2.05) is 35.2 Å². The van der Waals surface area contributed by atoms with Crippen LogP contribution in [0.1, 0.15) is 34.3 Å². The first-order chi connectivity index (χ1) is 11.6. The van der Waals surface area contributed by atoms with Crippen LogP contribution in [0.4, 0.5) is 0 Å². The van der Waals surface area contributed by atoms with Gasteiger partial charge in [-0.05, 0) is 30.2 Å². The van der Waals surface area contributed by atoms with Gasteiger partial charge >= 0.3 is 5.97 Å². The van der Waals surface area contributed by atoms with Crippen molar-refractivity contribution in [2.75, 3.05) is 6.54 Å². The van der Waals surface area contributed by atoms with Crippen LogP contribution in [-0.2, 0) is 22.7 Å². The Bertz CT molecular complexity index is 760. The number of hydrogen-bond donors (Lipinski definition) is 0. The van der Waals surface area contributed by atoms with E-state index >= 15 is 0 Å². The number of carbonyl (C=O) groups excluding carboxylic acids is 2. The predicted octanol–water partition coefficient (Wildman–Crippen LogP) is 3.82. The summed E-state index contributed by atoms with van der Waals surface area (Å²) in [5.41, 5.74) is 2.18. The van der Waals surface area contributed by atoms with Gasteiger partial charge in [-0.15, -0.1) is 0 Å². The molecule has 0 spiro atoms. The summed E-state index contributed by atoms with van der Waals surface area (Å²) in [6.45, 7) is 1.44. The molecule has 0 N–H and O–H groups in total. The third kappa shape index (κ3) is 3.95. The van der Waals surface area contributed by atoms with Crippen LogP contribution in [0.2, 0.25) is 5.02 Å². The van der Waals surface area contributed by atoms with Gasteiger partial charge in [0.05, 0.1) is 5.56 Å². The third-order valence-corrected chi connectivity index (χ3v) is 4.39. The highest BCUT2D eigenvalue weighted by molar-refractivity contribution is 6.31. The molecule has 0 aromatic heterocycles. The maximum Gasteiger partial charge on any atom is 0.338 e. The number of carbonyl (C=O) groups is 2. The topological polar surface area (TPSA) is 46.6 Å². The van der Waals surface area contributed by atoms with Gasteiger partial charge in [0.25, 0.3) is 0 Å². The molecule has 1 aliphatic rings. The Balaban J connectivity index is 1.63. The van der Waals surface area contributed by atoms with E-state index < -0.39 is 5.97 Å². The Kier molecular flexibility index (Phi) is 5.16. The molecule has 24 heavy (non-hydrogen) atoms. The average molecular weight is 344 g/mol. The van der Waals surface area contributed by atoms with Gasteiger partial charge in [-0.1, -0.05) is 41.9 Å². The molecular weight excluding hydrogens is 326 g/mol. The summed E-state index contributed by atoms with van der Waals surface area (Å²) in [6.07, 6.45) is 1.51. The molecule has 0 unspecified atom stereocenters. The first-order valence-electron chi connectivity index (χ1n) is 7.91. The maximum absolute atomic E-state index is 12.2. The van der Waals surface area contributed by atoms with Crippen molar-refractivity contribution in [3.63, 3.8) is 0 Å². The van der Waals surface area contributed by atoms with Crippen molar-refractivity contribution in [2.45, 2.75) is 26.0 Å². The van der Waals surface area contributed by atoms with E-state index in [1.165, 1.54) is 0 Å². The van der Waals surface area contributed by atoms with Crippen LogP contribution in [0.15, 0.2) is 48.5 Å². The summed E-state index contributed by atoms with van der Waals surface area (Å²) in [7, 11) is 0. The highest BCUT2D eigenvalue weighted by atomic mass is 35.5. The van der Waals surface area contributed by atoms with Crippen molar-refractivity contribution in [3.05, 3.63) is 70.2 Å². The number of amides is 1. The fraction of sp³-hybridized carbons (Fsp3) is 0.263. The Morgan fingerprint density at radius 3 is 2.75 bits per heavy atom. The third-order valence-electron chi connectivity index (χ3n) is 4.02. The van der Waals surface area contributed by atoms with Gasteiger partial charge in [0.15, 0.2) is 0 Å². The molecule has 1 aliphatic heterocycles. The molecule has 1 heterocycles. The van der Waals surface area contributed by atoms with E-state index in [2.05, 4.69) is 0 Å². The minimum absolute atomic E-state index is 0.132. The highest BCUT2D eigenvalue weighted by Crippen LogP contribution is 2.18. The first kappa shape index (κ1) is 16.5. The summed E-state index contributed by atoms with van der Waals surface area (Å²) in [6, 6.07) is 14.5. The largest absolute Gasteiger partial charge is 0.457 e. The average Bonchev–Trinajstić information content (AvgIpc) is 2.99. The Labute approximate surface area is 146 Å². The van der Waals surface area contributed by atoms with Crippen LogP contribution in [0.3, 0.4) is 0 Å². The van der Waals surface area contributed by atoms with Crippen molar-refractivity contribution < 1.29 is 14.3 Å². The Morgan fingerprint density at radius 2 is 2.00 bits per heavy atom. The molecule has 5 heteroatoms. The van der Waals surface area contributed by atoms with Crippen molar-refractivity contribution in [2.24, 2.45) is 0 Å². The van der Waals surface area contributed by atoms with E-state index in [1.54, 1.807) is 18.2 Å². The van der Waals surface area contributed by atoms with Crippen molar-refractivity contribution in [1.82, 2.24) is 4.90 Å². The van der Waals surface area contributed by atoms with Crippen molar-refractivity contribution in [1.29, 1.82) is 0 Å². The minimum Gasteiger partial charge on any atom is -0.457 e. The van der Waals surface area contributed by atoms with Gasteiger partial charge in [-0.3, -0.25) is 4.79 Å². The second-order valence-corrected chi connectivity index (χ2v) is 6.19. The van der Waals surface area contributed by atoms with Gasteiger partial charge in [-0.2, -0.15) is 0 Å². The number of likely N-dealkylation sites (tertiary alicyclic amines) is 1. The molecule has 2 aromatic rings. The number of nitrogens with zero attached hydrogens (tertiary/aromatic N) is 1. The smallest absolute Gasteiger partial charge is 0.338 e. The summed E-state index contributed by atoms with van der Waals surface area (Å²) in [5.74, 6) is -0.230. The van der Waals surface area contributed by atoms with Crippen LogP contribution < -0.4 is 0 Å². The molecule has 3 rings (SSSR count). The van der Waals surface area contributed by atoms with Gasteiger partial charge in [0, 0.05) is 30.1 Å². The van der Waals surface area contributed by atoms with E-state index in [4.69, 9.17) is 16.3 Å². The molecular formula is C19H18ClNO3. The number of ether oxygens (including phenoxy) is 1. The first-order valence-corrected chi connectivity index (χ1v) is 8.28. The van der Waals surface area contributed by atoms with E-state index in [0.717, 1.165) is 24.1 Å². The zero-order chi connectivity index (χ0) is 16.9. The van der Waals surface area contributed by atoms with Crippen LogP contribution in [0.5, 0.6) is 0 Å². The van der Waals surface area contributed by atoms with Crippen molar-refractivity contribution >= 4 is 23.5 Å². The summed E-state index contributed by atoms with van der Waals surface area (Å²) in [4.78, 5) is 25.8. The van der Waals surface area contributed by atoms with Crippen LogP contribution in [0.25, 0.3) is 0 Å². The molecule has 4 nitrogen and oxygen atoms in total. The SMILES string of the molecule is O=C(OCc1ccccc1Cl)c1cccc(CN2CCCC2=O)c1. The molecule has 0 saturated carbocycles. The molecule has 0 atom stereocenters. The number of rotatable bonds is 5. The number of hydrogen-bond acceptors (Lipinski definition) is 3. The van der Waals surface area contributed by atoms with E-state index in [0.29, 0.717) is 23.6 Å². The Hall–Kier alpha value is -2.33. The van der Waals surface area contributed by atoms with Crippen LogP contribution >= 0.6 is 11.6 Å². The second kappa shape index (κ2) is 7.49. The fourth-order valence-electron chi connectivity index (χ4n) is 2.73. The fourth-order valence-corrected chi connectivity index (χ4v) is 2.92. The van der Waals surface area contributed by atoms with Gasteiger partial charge < -0.3 is 9.64 Å². The van der Waals surface area contributed by atoms with Gasteiger partial charge in [0.2, 0.25) is 5.91 Å². The van der Waals surface area contributed by atoms with Gasteiger partial charge in [0.1, 0.15) is 6.61 Å². The number of halogens is 1. The monoisotopic (exact) mass is 343 g/mol. The standard InChI is InChI=1S/C19H18ClNO3/c20-17-8-2-1-6-16(17)13-24-19(23)15-7-3-5-14(11-15)12-21-10-4-9-18(21)22/h1-3,5-8,11H,4,9-10,12-13H2. The molecule has 2 aromatic carbocycles. The lowest BCUT2D eigenvalue weighted by Crippen LogP contribution is -2.23. The lowest BCUT2D eigenvalue weighted by atomic mass is 10.1. The maximum atomic E-state index is 12.2. The lowest BCUT2D eigenvalue weighted by Gasteiger charge is -2.15. The number of esters is 1. The normalized spacial score (nSPS) is 14.0. The molecule has 124 valence electrons. The zero-order valence-electron chi connectivity index (χ0n) is 13.2. The summed E-state index contributed by atoms with van der Waals surface area (Å²) >= 11 is 6.06. The molecule has 1 amide bonds. The molecule has 0 aliphatic carbocycles. The zero-order valence-corrected chi connectivity index (χ0v) is 14.0. The van der Waals surface area contributed by atoms with E-state index in [-0.39, 0.29) is 12.5 Å². The second-order valence-electron chi connectivity index (χ2n) is 5.79. The van der Waals surface area contributed by atoms with Crippen LogP contribution in [0, 0.1) is 0 Å². The Morgan fingerprint density at radius 1 is 1.17 bits per heavy atom. The van der Waals surface area contributed by atoms with Crippen molar-refractivity contribution in [3.8, 4) is 0 Å². The lowest BCUT2D eigenvalue weighted by molar-refractivity contribution is -0.128.